The third-order valence-electron chi connectivity index (χ3n) is 4.71. The monoisotopic (exact) mass is 275 g/mol. The maximum atomic E-state index is 11.4. The van der Waals surface area contributed by atoms with Crippen molar-refractivity contribution in [1.82, 2.24) is 4.90 Å². The number of likely N-dealkylation sites (N-methyl/N-ethyl adjacent to an activating group) is 2. The van der Waals surface area contributed by atoms with Gasteiger partial charge in [-0.2, -0.15) is 0 Å². The van der Waals surface area contributed by atoms with Crippen LogP contribution in [0.4, 0.5) is 11.4 Å². The van der Waals surface area contributed by atoms with E-state index in [4.69, 9.17) is 0 Å². The van der Waals surface area contributed by atoms with Crippen LogP contribution >= 0.6 is 0 Å². The van der Waals surface area contributed by atoms with Crippen LogP contribution in [0.2, 0.25) is 0 Å². The van der Waals surface area contributed by atoms with Crippen molar-refractivity contribution < 1.29 is 9.90 Å². The fourth-order valence-corrected chi connectivity index (χ4v) is 3.99. The van der Waals surface area contributed by atoms with Crippen LogP contribution in [0.5, 0.6) is 5.75 Å². The average molecular weight is 275 g/mol. The van der Waals surface area contributed by atoms with Crippen molar-refractivity contribution in [3.8, 4) is 5.75 Å². The van der Waals surface area contributed by atoms with Gasteiger partial charge in [0.15, 0.2) is 0 Å². The summed E-state index contributed by atoms with van der Waals surface area (Å²) in [6.07, 6.45) is 1.32. The number of aromatic hydroxyl groups is 1. The first-order valence-corrected chi connectivity index (χ1v) is 6.93. The second kappa shape index (κ2) is 4.12. The molecule has 2 atom stereocenters. The van der Waals surface area contributed by atoms with E-state index in [9.17, 15) is 9.90 Å². The number of phenolic OH excluding ortho intramolecular Hbond substituents is 1. The highest BCUT2D eigenvalue weighted by atomic mass is 16.3. The first kappa shape index (κ1) is 13.2. The van der Waals surface area contributed by atoms with E-state index in [-0.39, 0.29) is 23.2 Å². The van der Waals surface area contributed by atoms with Crippen LogP contribution < -0.4 is 10.2 Å². The molecule has 2 N–H and O–H groups in total. The number of hydrogen-bond acceptors (Lipinski definition) is 4. The number of carbonyl (C=O) groups excluding carboxylic acids is 1. The Morgan fingerprint density at radius 2 is 2.15 bits per heavy atom. The smallest absolute Gasteiger partial charge is 0.221 e. The Labute approximate surface area is 119 Å². The zero-order valence-corrected chi connectivity index (χ0v) is 12.4. The Morgan fingerprint density at radius 1 is 1.45 bits per heavy atom. The number of benzene rings is 1. The number of anilines is 2. The number of amides is 1. The molecule has 0 radical (unpaired) electrons. The number of fused-ring (bicyclic) bond motifs is 3. The van der Waals surface area contributed by atoms with E-state index >= 15 is 0 Å². The lowest BCUT2D eigenvalue weighted by molar-refractivity contribution is -0.114. The lowest BCUT2D eigenvalue weighted by Crippen LogP contribution is -2.45. The number of hydrogen-bond donors (Lipinski definition) is 2. The third kappa shape index (κ3) is 1.62. The summed E-state index contributed by atoms with van der Waals surface area (Å²) in [4.78, 5) is 15.9. The summed E-state index contributed by atoms with van der Waals surface area (Å²) in [7, 11) is 4.18. The predicted molar refractivity (Wildman–Crippen MR) is 79.2 cm³/mol. The number of phenols is 1. The minimum Gasteiger partial charge on any atom is -0.508 e. The van der Waals surface area contributed by atoms with Gasteiger partial charge in [-0.05, 0) is 25.1 Å². The van der Waals surface area contributed by atoms with Gasteiger partial charge < -0.3 is 15.3 Å². The number of nitrogens with zero attached hydrogens (tertiary/aromatic N) is 2. The van der Waals surface area contributed by atoms with Crippen LogP contribution in [0, 0.1) is 0 Å². The summed E-state index contributed by atoms with van der Waals surface area (Å²) in [6, 6.07) is 3.47. The van der Waals surface area contributed by atoms with E-state index in [2.05, 4.69) is 36.1 Å². The summed E-state index contributed by atoms with van der Waals surface area (Å²) >= 11 is 0. The molecule has 0 aromatic heterocycles. The Bertz CT molecular complexity index is 587. The van der Waals surface area contributed by atoms with Crippen molar-refractivity contribution in [2.24, 2.45) is 0 Å². The van der Waals surface area contributed by atoms with Crippen LogP contribution in [0.1, 0.15) is 25.8 Å². The molecule has 20 heavy (non-hydrogen) atoms. The molecule has 1 aromatic rings. The molecule has 2 aliphatic rings. The van der Waals surface area contributed by atoms with E-state index in [1.54, 1.807) is 6.07 Å². The van der Waals surface area contributed by atoms with Gasteiger partial charge in [-0.15, -0.1) is 0 Å². The van der Waals surface area contributed by atoms with Gasteiger partial charge in [0.2, 0.25) is 5.91 Å². The molecule has 1 aromatic carbocycles. The van der Waals surface area contributed by atoms with E-state index < -0.39 is 0 Å². The summed E-state index contributed by atoms with van der Waals surface area (Å²) < 4.78 is 0. The summed E-state index contributed by atoms with van der Waals surface area (Å²) in [6.45, 7) is 4.76. The standard InChI is InChI=1S/C15H21N3O2/c1-9(19)16-12-8-10(20)7-11-13(12)18(4)14-15(11,2)5-6-17(14)3/h7-8,14,20H,5-6H2,1-4H3,(H,16,19)/t14?,15-/m0/s1. The molecule has 108 valence electrons. The molecule has 2 heterocycles. The van der Waals surface area contributed by atoms with Crippen molar-refractivity contribution in [1.29, 1.82) is 0 Å². The maximum absolute atomic E-state index is 11.4. The molecule has 1 fully saturated rings. The van der Waals surface area contributed by atoms with Gasteiger partial charge in [0, 0.05) is 32.0 Å². The lowest BCUT2D eigenvalue weighted by atomic mass is 9.81. The zero-order valence-electron chi connectivity index (χ0n) is 12.4. The molecular weight excluding hydrogens is 254 g/mol. The highest BCUT2D eigenvalue weighted by Crippen LogP contribution is 2.54. The van der Waals surface area contributed by atoms with Crippen LogP contribution in [-0.2, 0) is 10.2 Å². The quantitative estimate of drug-likeness (QED) is 0.819. The minimum atomic E-state index is -0.123. The Balaban J connectivity index is 2.19. The zero-order chi connectivity index (χ0) is 14.7. The molecule has 1 saturated heterocycles. The number of nitrogens with one attached hydrogen (secondary N) is 1. The van der Waals surface area contributed by atoms with Crippen LogP contribution in [0.3, 0.4) is 0 Å². The topological polar surface area (TPSA) is 55.8 Å². The van der Waals surface area contributed by atoms with Crippen molar-refractivity contribution in [3.63, 3.8) is 0 Å². The van der Waals surface area contributed by atoms with E-state index in [0.29, 0.717) is 5.69 Å². The normalized spacial score (nSPS) is 28.4. The first-order valence-electron chi connectivity index (χ1n) is 6.93. The van der Waals surface area contributed by atoms with Gasteiger partial charge in [-0.1, -0.05) is 6.92 Å². The van der Waals surface area contributed by atoms with Crippen molar-refractivity contribution in [2.45, 2.75) is 31.8 Å². The highest BCUT2D eigenvalue weighted by Gasteiger charge is 2.53. The van der Waals surface area contributed by atoms with Crippen LogP contribution in [-0.4, -0.2) is 42.7 Å². The molecule has 0 aliphatic carbocycles. The fourth-order valence-electron chi connectivity index (χ4n) is 3.99. The minimum absolute atomic E-state index is 0.00913. The molecule has 0 spiro atoms. The largest absolute Gasteiger partial charge is 0.508 e. The van der Waals surface area contributed by atoms with E-state index in [1.807, 2.05) is 6.07 Å². The van der Waals surface area contributed by atoms with Gasteiger partial charge in [0.25, 0.3) is 0 Å². The van der Waals surface area contributed by atoms with Crippen molar-refractivity contribution >= 4 is 17.3 Å². The van der Waals surface area contributed by atoms with Gasteiger partial charge >= 0.3 is 0 Å². The molecule has 2 aliphatic heterocycles. The fraction of sp³-hybridized carbons (Fsp3) is 0.533. The second-order valence-corrected chi connectivity index (χ2v) is 6.20. The Hall–Kier alpha value is -1.75. The van der Waals surface area contributed by atoms with Crippen LogP contribution in [0.15, 0.2) is 12.1 Å². The molecule has 5 heteroatoms. The van der Waals surface area contributed by atoms with Gasteiger partial charge in [-0.25, -0.2) is 0 Å². The number of likely N-dealkylation sites (tertiary alicyclic amines) is 1. The maximum Gasteiger partial charge on any atom is 0.221 e. The molecule has 0 saturated carbocycles. The number of carbonyl (C=O) groups is 1. The second-order valence-electron chi connectivity index (χ2n) is 6.20. The average Bonchev–Trinajstić information content (AvgIpc) is 2.74. The third-order valence-corrected chi connectivity index (χ3v) is 4.71. The molecule has 0 bridgehead atoms. The predicted octanol–water partition coefficient (Wildman–Crippen LogP) is 1.72. The Morgan fingerprint density at radius 3 is 2.80 bits per heavy atom. The van der Waals surface area contributed by atoms with E-state index in [0.717, 1.165) is 24.2 Å². The van der Waals surface area contributed by atoms with Crippen LogP contribution in [0.25, 0.3) is 0 Å². The summed E-state index contributed by atoms with van der Waals surface area (Å²) in [5, 5.41) is 12.8. The van der Waals surface area contributed by atoms with Gasteiger partial charge in [0.05, 0.1) is 17.5 Å². The summed E-state index contributed by atoms with van der Waals surface area (Å²) in [5.74, 6) is 0.0825. The van der Waals surface area contributed by atoms with Crippen molar-refractivity contribution in [2.75, 3.05) is 30.9 Å². The van der Waals surface area contributed by atoms with E-state index in [1.165, 1.54) is 6.92 Å². The van der Waals surface area contributed by atoms with Gasteiger partial charge in [-0.3, -0.25) is 9.69 Å². The number of rotatable bonds is 1. The van der Waals surface area contributed by atoms with Gasteiger partial charge in [0.1, 0.15) is 5.75 Å². The first-order chi connectivity index (χ1) is 9.34. The lowest BCUT2D eigenvalue weighted by Gasteiger charge is -2.32. The molecule has 3 rings (SSSR count). The Kier molecular flexibility index (Phi) is 2.73. The molecule has 1 unspecified atom stereocenters. The molecule has 1 amide bonds. The summed E-state index contributed by atoms with van der Waals surface area (Å²) in [5.41, 5.74) is 2.83. The molecular formula is C15H21N3O2. The molecule has 5 nitrogen and oxygen atoms in total. The SMILES string of the molecule is CC(=O)Nc1cc(O)cc2c1N(C)C1N(C)CC[C@@]21C. The highest BCUT2D eigenvalue weighted by molar-refractivity contribution is 5.95. The van der Waals surface area contributed by atoms with Crippen molar-refractivity contribution in [3.05, 3.63) is 17.7 Å².